The van der Waals surface area contributed by atoms with Gasteiger partial charge < -0.3 is 4.74 Å². The molecule has 0 aliphatic rings. The summed E-state index contributed by atoms with van der Waals surface area (Å²) in [5, 5.41) is 0. The minimum Gasteiger partial charge on any atom is -0.440 e. The summed E-state index contributed by atoms with van der Waals surface area (Å²) in [5.41, 5.74) is 0.572. The number of rotatable bonds is 4. The van der Waals surface area contributed by atoms with Crippen LogP contribution < -0.4 is 4.74 Å². The van der Waals surface area contributed by atoms with Crippen LogP contribution in [0.4, 0.5) is 13.2 Å². The van der Waals surface area contributed by atoms with E-state index in [-0.39, 0.29) is 11.5 Å². The molecule has 23 heavy (non-hydrogen) atoms. The maximum Gasteiger partial charge on any atom is 0.416 e. The second-order valence-electron chi connectivity index (χ2n) is 5.23. The summed E-state index contributed by atoms with van der Waals surface area (Å²) in [6.07, 6.45) is 0.541. The minimum atomic E-state index is -4.45. The summed E-state index contributed by atoms with van der Waals surface area (Å²) >= 11 is 0. The SMILES string of the molecule is CCCc1ccc(Oc2cc(C(F)(F)F)cc3nccn23)cc1. The third-order valence-corrected chi connectivity index (χ3v) is 3.48. The Hall–Kier alpha value is -2.50. The first kappa shape index (κ1) is 15.4. The van der Waals surface area contributed by atoms with Crippen molar-refractivity contribution >= 4 is 5.65 Å². The van der Waals surface area contributed by atoms with Crippen molar-refractivity contribution in [2.24, 2.45) is 0 Å². The molecule has 3 nitrogen and oxygen atoms in total. The number of aromatic nitrogens is 2. The van der Waals surface area contributed by atoms with Gasteiger partial charge in [-0.1, -0.05) is 25.5 Å². The fraction of sp³-hybridized carbons (Fsp3) is 0.235. The van der Waals surface area contributed by atoms with Crippen LogP contribution >= 0.6 is 0 Å². The van der Waals surface area contributed by atoms with Crippen LogP contribution in [0.15, 0.2) is 48.8 Å². The van der Waals surface area contributed by atoms with Crippen LogP contribution in [0.1, 0.15) is 24.5 Å². The molecule has 0 fully saturated rings. The van der Waals surface area contributed by atoms with E-state index in [1.54, 1.807) is 18.3 Å². The summed E-state index contributed by atoms with van der Waals surface area (Å²) in [6, 6.07) is 9.32. The lowest BCUT2D eigenvalue weighted by Gasteiger charge is -2.12. The zero-order valence-corrected chi connectivity index (χ0v) is 12.5. The Bertz CT molecular complexity index is 807. The van der Waals surface area contributed by atoms with E-state index in [0.29, 0.717) is 5.75 Å². The molecular formula is C17H15F3N2O. The molecule has 0 saturated heterocycles. The van der Waals surface area contributed by atoms with Gasteiger partial charge >= 0.3 is 6.18 Å². The number of ether oxygens (including phenoxy) is 1. The highest BCUT2D eigenvalue weighted by Crippen LogP contribution is 2.34. The van der Waals surface area contributed by atoms with Crippen molar-refractivity contribution in [2.75, 3.05) is 0 Å². The quantitative estimate of drug-likeness (QED) is 0.669. The number of halogens is 3. The van der Waals surface area contributed by atoms with Crippen LogP contribution in [-0.2, 0) is 12.6 Å². The number of aryl methyl sites for hydroxylation is 1. The molecule has 0 atom stereocenters. The Labute approximate surface area is 131 Å². The van der Waals surface area contributed by atoms with Gasteiger partial charge in [-0.2, -0.15) is 13.2 Å². The molecule has 0 spiro atoms. The number of hydrogen-bond donors (Lipinski definition) is 0. The standard InChI is InChI=1S/C17H15F3N2O/c1-2-3-12-4-6-14(7-5-12)23-16-11-13(17(18,19)20)10-15-21-8-9-22(15)16/h4-11H,2-3H2,1H3. The topological polar surface area (TPSA) is 26.5 Å². The van der Waals surface area contributed by atoms with Crippen molar-refractivity contribution in [3.05, 3.63) is 59.9 Å². The average molecular weight is 320 g/mol. The molecule has 0 saturated carbocycles. The van der Waals surface area contributed by atoms with Gasteiger partial charge in [-0.15, -0.1) is 0 Å². The van der Waals surface area contributed by atoms with E-state index >= 15 is 0 Å². The molecule has 120 valence electrons. The zero-order chi connectivity index (χ0) is 16.4. The molecule has 0 amide bonds. The Kier molecular flexibility index (Phi) is 3.98. The molecular weight excluding hydrogens is 305 g/mol. The number of imidazole rings is 1. The van der Waals surface area contributed by atoms with Gasteiger partial charge in [0.05, 0.1) is 5.56 Å². The van der Waals surface area contributed by atoms with Crippen molar-refractivity contribution in [1.82, 2.24) is 9.38 Å². The van der Waals surface area contributed by atoms with Crippen molar-refractivity contribution in [1.29, 1.82) is 0 Å². The number of benzene rings is 1. The van der Waals surface area contributed by atoms with E-state index < -0.39 is 11.7 Å². The second-order valence-corrected chi connectivity index (χ2v) is 5.23. The van der Waals surface area contributed by atoms with E-state index in [9.17, 15) is 13.2 Å². The van der Waals surface area contributed by atoms with E-state index in [4.69, 9.17) is 4.74 Å². The monoisotopic (exact) mass is 320 g/mol. The first-order chi connectivity index (χ1) is 11.0. The van der Waals surface area contributed by atoms with Crippen molar-refractivity contribution in [3.63, 3.8) is 0 Å². The lowest BCUT2D eigenvalue weighted by atomic mass is 10.1. The summed E-state index contributed by atoms with van der Waals surface area (Å²) in [5.74, 6) is 0.565. The van der Waals surface area contributed by atoms with E-state index in [0.717, 1.165) is 30.5 Å². The molecule has 0 aliphatic heterocycles. The molecule has 2 heterocycles. The van der Waals surface area contributed by atoms with Gasteiger partial charge in [0, 0.05) is 18.5 Å². The van der Waals surface area contributed by atoms with E-state index in [1.807, 2.05) is 12.1 Å². The predicted molar refractivity (Wildman–Crippen MR) is 80.7 cm³/mol. The highest BCUT2D eigenvalue weighted by Gasteiger charge is 2.32. The van der Waals surface area contributed by atoms with Crippen LogP contribution in [0.3, 0.4) is 0 Å². The van der Waals surface area contributed by atoms with Gasteiger partial charge in [0.15, 0.2) is 0 Å². The molecule has 0 bridgehead atoms. The second kappa shape index (κ2) is 5.95. The van der Waals surface area contributed by atoms with Gasteiger partial charge in [0.1, 0.15) is 11.4 Å². The number of alkyl halides is 3. The van der Waals surface area contributed by atoms with Crippen LogP contribution in [0.5, 0.6) is 11.6 Å². The Morgan fingerprint density at radius 1 is 1.13 bits per heavy atom. The van der Waals surface area contributed by atoms with Gasteiger partial charge in [-0.25, -0.2) is 4.98 Å². The summed E-state index contributed by atoms with van der Waals surface area (Å²) in [7, 11) is 0. The van der Waals surface area contributed by atoms with Gasteiger partial charge in [0.25, 0.3) is 0 Å². The first-order valence-electron chi connectivity index (χ1n) is 7.28. The molecule has 0 unspecified atom stereocenters. The number of pyridine rings is 1. The fourth-order valence-electron chi connectivity index (χ4n) is 2.37. The summed E-state index contributed by atoms with van der Waals surface area (Å²) < 4.78 is 46.1. The Morgan fingerprint density at radius 2 is 1.87 bits per heavy atom. The molecule has 0 N–H and O–H groups in total. The Balaban J connectivity index is 1.96. The maximum absolute atomic E-state index is 13.0. The fourth-order valence-corrected chi connectivity index (χ4v) is 2.37. The van der Waals surface area contributed by atoms with Crippen molar-refractivity contribution < 1.29 is 17.9 Å². The van der Waals surface area contributed by atoms with E-state index in [2.05, 4.69) is 11.9 Å². The number of hydrogen-bond acceptors (Lipinski definition) is 2. The van der Waals surface area contributed by atoms with Gasteiger partial charge in [-0.05, 0) is 30.2 Å². The predicted octanol–water partition coefficient (Wildman–Crippen LogP) is 5.10. The molecule has 2 aromatic heterocycles. The molecule has 0 radical (unpaired) electrons. The maximum atomic E-state index is 13.0. The zero-order valence-electron chi connectivity index (χ0n) is 12.5. The largest absolute Gasteiger partial charge is 0.440 e. The Morgan fingerprint density at radius 3 is 2.52 bits per heavy atom. The van der Waals surface area contributed by atoms with Gasteiger partial charge in [-0.3, -0.25) is 4.40 Å². The highest BCUT2D eigenvalue weighted by atomic mass is 19.4. The normalized spacial score (nSPS) is 11.8. The summed E-state index contributed by atoms with van der Waals surface area (Å²) in [6.45, 7) is 2.09. The lowest BCUT2D eigenvalue weighted by molar-refractivity contribution is -0.137. The number of fused-ring (bicyclic) bond motifs is 1. The van der Waals surface area contributed by atoms with Crippen molar-refractivity contribution in [2.45, 2.75) is 25.9 Å². The molecule has 1 aromatic carbocycles. The van der Waals surface area contributed by atoms with E-state index in [1.165, 1.54) is 10.6 Å². The summed E-state index contributed by atoms with van der Waals surface area (Å²) in [4.78, 5) is 3.92. The average Bonchev–Trinajstić information content (AvgIpc) is 2.97. The molecule has 0 aliphatic carbocycles. The van der Waals surface area contributed by atoms with Crippen molar-refractivity contribution in [3.8, 4) is 11.6 Å². The smallest absolute Gasteiger partial charge is 0.416 e. The molecule has 3 aromatic rings. The van der Waals surface area contributed by atoms with Crippen LogP contribution in [0, 0.1) is 0 Å². The molecule has 3 rings (SSSR count). The van der Waals surface area contributed by atoms with Gasteiger partial charge in [0.2, 0.25) is 5.88 Å². The third kappa shape index (κ3) is 3.31. The highest BCUT2D eigenvalue weighted by molar-refractivity contribution is 5.47. The minimum absolute atomic E-state index is 0.0792. The van der Waals surface area contributed by atoms with Crippen LogP contribution in [0.2, 0.25) is 0 Å². The van der Waals surface area contributed by atoms with Crippen LogP contribution in [0.25, 0.3) is 5.65 Å². The lowest BCUT2D eigenvalue weighted by Crippen LogP contribution is -2.07. The first-order valence-corrected chi connectivity index (χ1v) is 7.28. The molecule has 6 heteroatoms. The number of nitrogens with zero attached hydrogens (tertiary/aromatic N) is 2. The van der Waals surface area contributed by atoms with Crippen LogP contribution in [-0.4, -0.2) is 9.38 Å². The third-order valence-electron chi connectivity index (χ3n) is 3.48.